The van der Waals surface area contributed by atoms with E-state index in [-0.39, 0.29) is 43.4 Å². The highest BCUT2D eigenvalue weighted by molar-refractivity contribution is 6.05. The highest BCUT2D eigenvalue weighted by atomic mass is 19.1. The third-order valence-electron chi connectivity index (χ3n) is 9.96. The minimum Gasteiger partial charge on any atom is -0.488 e. The van der Waals surface area contributed by atoms with Gasteiger partial charge in [0.1, 0.15) is 30.0 Å². The average Bonchev–Trinajstić information content (AvgIpc) is 3.39. The van der Waals surface area contributed by atoms with E-state index in [1.165, 1.54) is 17.0 Å². The second kappa shape index (κ2) is 12.1. The molecule has 242 valence electrons. The Morgan fingerprint density at radius 2 is 1.79 bits per heavy atom. The number of carbonyl (C=O) groups excluding carboxylic acids is 3. The van der Waals surface area contributed by atoms with Gasteiger partial charge < -0.3 is 19.6 Å². The van der Waals surface area contributed by atoms with Gasteiger partial charge in [-0.3, -0.25) is 24.6 Å². The minimum absolute atomic E-state index is 0.0837. The Kier molecular flexibility index (Phi) is 7.90. The number of hydrogen-bond donors (Lipinski definition) is 2. The molecule has 3 aromatic carbocycles. The molecule has 7 rings (SSSR count). The van der Waals surface area contributed by atoms with E-state index in [9.17, 15) is 23.9 Å². The first-order valence-corrected chi connectivity index (χ1v) is 15.7. The number of nitrogens with one attached hydrogen (secondary N) is 1. The zero-order chi connectivity index (χ0) is 32.9. The Labute approximate surface area is 270 Å². The van der Waals surface area contributed by atoms with Crippen molar-refractivity contribution in [2.45, 2.75) is 56.5 Å². The summed E-state index contributed by atoms with van der Waals surface area (Å²) in [7, 11) is 0. The van der Waals surface area contributed by atoms with Crippen LogP contribution in [0, 0.1) is 23.0 Å². The fraction of sp³-hybridized carbons (Fsp3) is 0.371. The Morgan fingerprint density at radius 1 is 1.00 bits per heavy atom. The van der Waals surface area contributed by atoms with Crippen LogP contribution in [-0.4, -0.2) is 71.0 Å². The van der Waals surface area contributed by atoms with Crippen LogP contribution >= 0.6 is 0 Å². The maximum Gasteiger partial charge on any atom is 0.255 e. The molecule has 0 aromatic heterocycles. The minimum atomic E-state index is -0.747. The number of anilines is 1. The second-order valence-electron chi connectivity index (χ2n) is 12.6. The molecule has 1 aliphatic carbocycles. The Balaban J connectivity index is 1.03. The van der Waals surface area contributed by atoms with E-state index in [0.29, 0.717) is 67.1 Å². The van der Waals surface area contributed by atoms with Crippen molar-refractivity contribution in [2.24, 2.45) is 0 Å². The van der Waals surface area contributed by atoms with E-state index in [1.54, 1.807) is 36.4 Å². The molecular weight excluding hydrogens is 608 g/mol. The van der Waals surface area contributed by atoms with Gasteiger partial charge in [-0.2, -0.15) is 5.26 Å². The van der Waals surface area contributed by atoms with Gasteiger partial charge in [-0.1, -0.05) is 18.2 Å². The Morgan fingerprint density at radius 3 is 2.47 bits per heavy atom. The molecular formula is C35H33F2N5O5. The van der Waals surface area contributed by atoms with Gasteiger partial charge in [-0.05, 0) is 61.2 Å². The van der Waals surface area contributed by atoms with Crippen LogP contribution < -0.4 is 15.0 Å². The number of amides is 3. The number of piperazine rings is 1. The molecule has 0 unspecified atom stereocenters. The highest BCUT2D eigenvalue weighted by Gasteiger charge is 2.50. The molecule has 4 aliphatic rings. The number of aliphatic hydroxyl groups excluding tert-OH is 1. The monoisotopic (exact) mass is 641 g/mol. The van der Waals surface area contributed by atoms with Crippen molar-refractivity contribution in [1.82, 2.24) is 15.1 Å². The van der Waals surface area contributed by atoms with Gasteiger partial charge in [0.15, 0.2) is 0 Å². The molecule has 3 amide bonds. The smallest absolute Gasteiger partial charge is 0.255 e. The summed E-state index contributed by atoms with van der Waals surface area (Å²) in [5.41, 5.74) is 2.27. The molecule has 3 heterocycles. The summed E-state index contributed by atoms with van der Waals surface area (Å²) < 4.78 is 36.4. The van der Waals surface area contributed by atoms with E-state index < -0.39 is 35.2 Å². The van der Waals surface area contributed by atoms with Crippen LogP contribution in [0.1, 0.15) is 58.3 Å². The van der Waals surface area contributed by atoms with Crippen molar-refractivity contribution in [3.63, 3.8) is 0 Å². The first-order valence-electron chi connectivity index (χ1n) is 15.7. The number of carbonyl (C=O) groups is 3. The Hall–Kier alpha value is -4.86. The fourth-order valence-corrected chi connectivity index (χ4v) is 7.41. The molecule has 1 saturated carbocycles. The van der Waals surface area contributed by atoms with E-state index in [1.807, 2.05) is 17.0 Å². The molecule has 0 spiro atoms. The molecule has 3 aliphatic heterocycles. The fourth-order valence-electron chi connectivity index (χ4n) is 7.41. The highest BCUT2D eigenvalue weighted by Crippen LogP contribution is 2.47. The van der Waals surface area contributed by atoms with Crippen LogP contribution in [0.5, 0.6) is 5.75 Å². The van der Waals surface area contributed by atoms with Crippen LogP contribution in [0.15, 0.2) is 54.6 Å². The number of aliphatic hydroxyl groups is 1. The predicted molar refractivity (Wildman–Crippen MR) is 165 cm³/mol. The van der Waals surface area contributed by atoms with E-state index in [0.717, 1.165) is 5.56 Å². The number of nitriles is 1. The summed E-state index contributed by atoms with van der Waals surface area (Å²) >= 11 is 0. The summed E-state index contributed by atoms with van der Waals surface area (Å²) in [4.78, 5) is 42.8. The molecule has 3 aromatic rings. The number of fused-ring (bicyclic) bond motifs is 1. The number of benzene rings is 3. The maximum atomic E-state index is 15.6. The number of hydrogen-bond acceptors (Lipinski definition) is 8. The normalized spacial score (nSPS) is 24.4. The first kappa shape index (κ1) is 30.8. The number of halogens is 2. The number of nitrogens with zero attached hydrogens (tertiary/aromatic N) is 4. The Bertz CT molecular complexity index is 1810. The molecule has 1 atom stereocenters. The van der Waals surface area contributed by atoms with E-state index in [4.69, 9.17) is 10.00 Å². The zero-order valence-corrected chi connectivity index (χ0v) is 25.5. The largest absolute Gasteiger partial charge is 0.488 e. The number of imide groups is 1. The third kappa shape index (κ3) is 5.49. The van der Waals surface area contributed by atoms with Crippen LogP contribution in [0.3, 0.4) is 0 Å². The van der Waals surface area contributed by atoms with E-state index in [2.05, 4.69) is 10.2 Å². The quantitative estimate of drug-likeness (QED) is 0.377. The average molecular weight is 642 g/mol. The van der Waals surface area contributed by atoms with Gasteiger partial charge >= 0.3 is 0 Å². The van der Waals surface area contributed by atoms with Crippen LogP contribution in [0.2, 0.25) is 0 Å². The van der Waals surface area contributed by atoms with Crippen molar-refractivity contribution in [1.29, 1.82) is 5.26 Å². The van der Waals surface area contributed by atoms with E-state index >= 15 is 4.39 Å². The van der Waals surface area contributed by atoms with Gasteiger partial charge in [0.25, 0.3) is 5.91 Å². The number of rotatable bonds is 7. The summed E-state index contributed by atoms with van der Waals surface area (Å²) in [6, 6.07) is 15.8. The lowest BCUT2D eigenvalue weighted by Crippen LogP contribution is -2.62. The van der Waals surface area contributed by atoms with Gasteiger partial charge in [-0.15, -0.1) is 0 Å². The third-order valence-corrected chi connectivity index (χ3v) is 9.96. The van der Waals surface area contributed by atoms with Gasteiger partial charge in [-0.25, -0.2) is 8.78 Å². The van der Waals surface area contributed by atoms with Crippen LogP contribution in [-0.2, 0) is 28.3 Å². The molecule has 12 heteroatoms. The molecule has 2 saturated heterocycles. The predicted octanol–water partition coefficient (Wildman–Crippen LogP) is 3.35. The SMILES string of the molecule is N#Cc1ccc(N2CCN(C3(c4ccc(COc5cccc6c5CN([C@H]5CCC(=O)NC5=O)C6=O)c(F)c4)CC(O)C3)CC2)c(F)c1. The first-order chi connectivity index (χ1) is 22.7. The second-order valence-corrected chi connectivity index (χ2v) is 12.6. The summed E-state index contributed by atoms with van der Waals surface area (Å²) in [5.74, 6) is -1.63. The van der Waals surface area contributed by atoms with Gasteiger partial charge in [0.05, 0.1) is 35.5 Å². The van der Waals surface area contributed by atoms with Crippen molar-refractivity contribution < 1.29 is 33.0 Å². The van der Waals surface area contributed by atoms with Crippen molar-refractivity contribution in [3.8, 4) is 11.8 Å². The molecule has 2 N–H and O–H groups in total. The molecule has 10 nitrogen and oxygen atoms in total. The lowest BCUT2D eigenvalue weighted by molar-refractivity contribution is -0.136. The maximum absolute atomic E-state index is 15.6. The summed E-state index contributed by atoms with van der Waals surface area (Å²) in [6.45, 7) is 2.33. The van der Waals surface area contributed by atoms with Gasteiger partial charge in [0, 0.05) is 49.3 Å². The standard InChI is InChI=1S/C35H33F2N5O5/c36-27-15-23(35(16-24(43)17-35)41-12-10-40(11-13-41)29-7-4-21(18-38)14-28(29)37)6-5-22(27)20-47-31-3-1-2-25-26(31)19-42(34(25)46)30-8-9-32(44)39-33(30)45/h1-7,14-15,24,30,43H,8-13,16-17,19-20H2,(H,39,44,45)/t24?,30-,35?/m0/s1. The summed E-state index contributed by atoms with van der Waals surface area (Å²) in [6.07, 6.45) is 0.826. The molecule has 3 fully saturated rings. The van der Waals surface area contributed by atoms with Crippen molar-refractivity contribution >= 4 is 23.4 Å². The lowest BCUT2D eigenvalue weighted by Gasteiger charge is -2.55. The molecule has 0 radical (unpaired) electrons. The van der Waals surface area contributed by atoms with Crippen molar-refractivity contribution in [2.75, 3.05) is 31.1 Å². The number of ether oxygens (including phenoxy) is 1. The number of piperidine rings is 1. The topological polar surface area (TPSA) is 126 Å². The van der Waals surface area contributed by atoms with Crippen LogP contribution in [0.4, 0.5) is 14.5 Å². The molecule has 47 heavy (non-hydrogen) atoms. The van der Waals surface area contributed by atoms with Crippen molar-refractivity contribution in [3.05, 3.63) is 94.0 Å². The summed E-state index contributed by atoms with van der Waals surface area (Å²) in [5, 5.41) is 21.7. The lowest BCUT2D eigenvalue weighted by atomic mass is 9.68. The molecule has 0 bridgehead atoms. The zero-order valence-electron chi connectivity index (χ0n) is 25.5. The van der Waals surface area contributed by atoms with Crippen LogP contribution in [0.25, 0.3) is 0 Å². The van der Waals surface area contributed by atoms with Gasteiger partial charge in [0.2, 0.25) is 11.8 Å².